The summed E-state index contributed by atoms with van der Waals surface area (Å²) in [6.45, 7) is 1.24. The Bertz CT molecular complexity index is 1070. The number of piperidine rings is 1. The maximum atomic E-state index is 13.8. The van der Waals surface area contributed by atoms with Crippen molar-refractivity contribution in [3.8, 4) is 5.69 Å². The molecular formula is C22H19ClFN3O. The van der Waals surface area contributed by atoms with Crippen LogP contribution in [0.5, 0.6) is 0 Å². The second-order valence-corrected chi connectivity index (χ2v) is 7.87. The molecule has 2 aliphatic heterocycles. The van der Waals surface area contributed by atoms with Crippen LogP contribution in [0.4, 0.5) is 10.1 Å². The smallest absolute Gasteiger partial charge is 0.253 e. The highest BCUT2D eigenvalue weighted by Gasteiger charge is 2.42. The van der Waals surface area contributed by atoms with Crippen molar-refractivity contribution in [2.75, 3.05) is 18.4 Å². The average molecular weight is 396 g/mol. The number of halogens is 2. The van der Waals surface area contributed by atoms with Gasteiger partial charge >= 0.3 is 0 Å². The zero-order chi connectivity index (χ0) is 19.3. The molecule has 4 nitrogen and oxygen atoms in total. The number of carbonyl (C=O) groups is 1. The van der Waals surface area contributed by atoms with Crippen LogP contribution in [0.3, 0.4) is 0 Å². The molecule has 5 rings (SSSR count). The molecule has 1 spiro atoms. The molecule has 0 aliphatic carbocycles. The summed E-state index contributed by atoms with van der Waals surface area (Å²) in [6.07, 6.45) is 3.51. The second-order valence-electron chi connectivity index (χ2n) is 7.43. The molecule has 0 atom stereocenters. The molecule has 3 heterocycles. The fourth-order valence-corrected chi connectivity index (χ4v) is 4.59. The first-order chi connectivity index (χ1) is 13.6. The van der Waals surface area contributed by atoms with Crippen LogP contribution in [0.1, 0.15) is 28.9 Å². The van der Waals surface area contributed by atoms with Gasteiger partial charge in [-0.1, -0.05) is 17.7 Å². The van der Waals surface area contributed by atoms with E-state index in [9.17, 15) is 9.18 Å². The van der Waals surface area contributed by atoms with Gasteiger partial charge in [-0.25, -0.2) is 4.39 Å². The fourth-order valence-electron chi connectivity index (χ4n) is 4.40. The van der Waals surface area contributed by atoms with E-state index in [1.807, 2.05) is 17.2 Å². The molecule has 3 aromatic rings. The van der Waals surface area contributed by atoms with E-state index in [1.165, 1.54) is 6.07 Å². The average Bonchev–Trinajstić information content (AvgIpc) is 3.19. The van der Waals surface area contributed by atoms with Crippen molar-refractivity contribution in [3.05, 3.63) is 82.9 Å². The molecular weight excluding hydrogens is 377 g/mol. The molecule has 2 aromatic carbocycles. The molecule has 1 amide bonds. The predicted octanol–water partition coefficient (Wildman–Crippen LogP) is 4.83. The summed E-state index contributed by atoms with van der Waals surface area (Å²) in [7, 11) is 0. The molecule has 2 aliphatic rings. The second kappa shape index (κ2) is 6.38. The summed E-state index contributed by atoms with van der Waals surface area (Å²) in [5.41, 5.74) is 3.19. The first kappa shape index (κ1) is 17.3. The standard InChI is InChI=1S/C22H19ClFN3O/c23-16-4-1-3-15(13-16)21(28)26-11-8-22(9-12-26)20-5-2-10-27(20)19-7-6-17(24)14-18(19)25-22/h1-7,10,13-14,25H,8-9,11-12H2. The van der Waals surface area contributed by atoms with Gasteiger partial charge in [-0.15, -0.1) is 0 Å². The number of amides is 1. The van der Waals surface area contributed by atoms with E-state index in [-0.39, 0.29) is 17.3 Å². The van der Waals surface area contributed by atoms with Gasteiger partial charge in [0, 0.05) is 35.6 Å². The largest absolute Gasteiger partial charge is 0.372 e. The van der Waals surface area contributed by atoms with Crippen molar-refractivity contribution in [1.82, 2.24) is 9.47 Å². The topological polar surface area (TPSA) is 37.3 Å². The van der Waals surface area contributed by atoms with Crippen molar-refractivity contribution in [2.45, 2.75) is 18.4 Å². The van der Waals surface area contributed by atoms with E-state index in [0.717, 1.165) is 29.9 Å². The highest BCUT2D eigenvalue weighted by atomic mass is 35.5. The Balaban J connectivity index is 1.42. The normalized spacial score (nSPS) is 17.0. The summed E-state index contributed by atoms with van der Waals surface area (Å²) in [5.74, 6) is -0.263. The summed E-state index contributed by atoms with van der Waals surface area (Å²) < 4.78 is 16.0. The lowest BCUT2D eigenvalue weighted by Crippen LogP contribution is -2.51. The number of anilines is 1. The molecule has 1 fully saturated rings. The van der Waals surface area contributed by atoms with Crippen molar-refractivity contribution in [2.24, 2.45) is 0 Å². The fraction of sp³-hybridized carbons (Fsp3) is 0.227. The Morgan fingerprint density at radius 3 is 2.68 bits per heavy atom. The highest BCUT2D eigenvalue weighted by molar-refractivity contribution is 6.30. The minimum absolute atomic E-state index is 0.00464. The first-order valence-electron chi connectivity index (χ1n) is 9.37. The van der Waals surface area contributed by atoms with E-state index in [2.05, 4.69) is 16.0 Å². The number of likely N-dealkylation sites (tertiary alicyclic amines) is 1. The van der Waals surface area contributed by atoms with Gasteiger partial charge in [0.15, 0.2) is 0 Å². The van der Waals surface area contributed by atoms with Crippen LogP contribution in [-0.4, -0.2) is 28.5 Å². The maximum Gasteiger partial charge on any atom is 0.253 e. The summed E-state index contributed by atoms with van der Waals surface area (Å²) in [6, 6.07) is 16.0. The minimum atomic E-state index is -0.310. The SMILES string of the molecule is O=C(c1cccc(Cl)c1)N1CCC2(CC1)Nc1cc(F)ccc1-n1cccc12. The molecule has 1 N–H and O–H groups in total. The third kappa shape index (κ3) is 2.69. The molecule has 1 saturated heterocycles. The van der Waals surface area contributed by atoms with Gasteiger partial charge in [0.2, 0.25) is 0 Å². The number of aromatic nitrogens is 1. The number of nitrogens with one attached hydrogen (secondary N) is 1. The van der Waals surface area contributed by atoms with Crippen LogP contribution >= 0.6 is 11.6 Å². The lowest BCUT2D eigenvalue weighted by molar-refractivity contribution is 0.0676. The van der Waals surface area contributed by atoms with Crippen molar-refractivity contribution in [3.63, 3.8) is 0 Å². The maximum absolute atomic E-state index is 13.8. The lowest BCUT2D eigenvalue weighted by atomic mass is 9.82. The zero-order valence-electron chi connectivity index (χ0n) is 15.2. The number of fused-ring (bicyclic) bond motifs is 4. The van der Waals surface area contributed by atoms with Crippen LogP contribution < -0.4 is 5.32 Å². The molecule has 0 radical (unpaired) electrons. The van der Waals surface area contributed by atoms with Crippen LogP contribution in [0.25, 0.3) is 5.69 Å². The molecule has 28 heavy (non-hydrogen) atoms. The Morgan fingerprint density at radius 1 is 1.07 bits per heavy atom. The predicted molar refractivity (Wildman–Crippen MR) is 108 cm³/mol. The third-order valence-electron chi connectivity index (χ3n) is 5.81. The molecule has 1 aromatic heterocycles. The van der Waals surface area contributed by atoms with E-state index in [0.29, 0.717) is 23.7 Å². The van der Waals surface area contributed by atoms with Gasteiger partial charge in [-0.2, -0.15) is 0 Å². The van der Waals surface area contributed by atoms with Gasteiger partial charge in [0.05, 0.1) is 16.9 Å². The van der Waals surface area contributed by atoms with Crippen LogP contribution in [0.15, 0.2) is 60.8 Å². The minimum Gasteiger partial charge on any atom is -0.372 e. The van der Waals surface area contributed by atoms with Crippen LogP contribution in [-0.2, 0) is 5.54 Å². The van der Waals surface area contributed by atoms with Crippen molar-refractivity contribution < 1.29 is 9.18 Å². The zero-order valence-corrected chi connectivity index (χ0v) is 15.9. The number of benzene rings is 2. The summed E-state index contributed by atoms with van der Waals surface area (Å²) in [4.78, 5) is 14.7. The molecule has 0 bridgehead atoms. The molecule has 0 saturated carbocycles. The monoisotopic (exact) mass is 395 g/mol. The number of hydrogen-bond donors (Lipinski definition) is 1. The van der Waals surface area contributed by atoms with Gasteiger partial charge < -0.3 is 14.8 Å². The number of hydrogen-bond acceptors (Lipinski definition) is 2. The Kier molecular flexibility index (Phi) is 3.95. The lowest BCUT2D eigenvalue weighted by Gasteiger charge is -2.46. The van der Waals surface area contributed by atoms with E-state index >= 15 is 0 Å². The quantitative estimate of drug-likeness (QED) is 0.641. The Morgan fingerprint density at radius 2 is 1.89 bits per heavy atom. The molecule has 142 valence electrons. The number of carbonyl (C=O) groups excluding carboxylic acids is 1. The van der Waals surface area contributed by atoms with Crippen molar-refractivity contribution >= 4 is 23.2 Å². The van der Waals surface area contributed by atoms with Gasteiger partial charge in [-0.3, -0.25) is 4.79 Å². The molecule has 6 heteroatoms. The summed E-state index contributed by atoms with van der Waals surface area (Å²) in [5, 5.41) is 4.14. The number of rotatable bonds is 1. The highest BCUT2D eigenvalue weighted by Crippen LogP contribution is 2.43. The Hall–Kier alpha value is -2.79. The van der Waals surface area contributed by atoms with E-state index in [1.54, 1.807) is 36.4 Å². The van der Waals surface area contributed by atoms with Crippen LogP contribution in [0, 0.1) is 5.82 Å². The Labute approximate surface area is 167 Å². The summed E-state index contributed by atoms with van der Waals surface area (Å²) >= 11 is 6.03. The van der Waals surface area contributed by atoms with E-state index < -0.39 is 0 Å². The van der Waals surface area contributed by atoms with Crippen LogP contribution in [0.2, 0.25) is 5.02 Å². The number of nitrogens with zero attached hydrogens (tertiary/aromatic N) is 2. The van der Waals surface area contributed by atoms with Gasteiger partial charge in [-0.05, 0) is 61.4 Å². The van der Waals surface area contributed by atoms with Gasteiger partial charge in [0.25, 0.3) is 5.91 Å². The van der Waals surface area contributed by atoms with Gasteiger partial charge in [0.1, 0.15) is 5.82 Å². The van der Waals surface area contributed by atoms with Crippen molar-refractivity contribution in [1.29, 1.82) is 0 Å². The molecule has 0 unspecified atom stereocenters. The van der Waals surface area contributed by atoms with E-state index in [4.69, 9.17) is 11.6 Å². The third-order valence-corrected chi connectivity index (χ3v) is 6.04. The first-order valence-corrected chi connectivity index (χ1v) is 9.74.